The molecule has 0 saturated heterocycles. The minimum Gasteiger partial charge on any atom is -0.378 e. The Labute approximate surface area is 110 Å². The first-order valence-electron chi connectivity index (χ1n) is 7.07. The fraction of sp³-hybridized carbons (Fsp3) is 0.929. The topological polar surface area (TPSA) is 41.6 Å². The summed E-state index contributed by atoms with van der Waals surface area (Å²) in [5, 5.41) is 3.39. The third kappa shape index (κ3) is 2.69. The Bertz CT molecular complexity index is 313. The van der Waals surface area contributed by atoms with Crippen molar-refractivity contribution in [3.05, 3.63) is 0 Å². The molecular formula is C14H26N2O2. The van der Waals surface area contributed by atoms with E-state index < -0.39 is 0 Å². The van der Waals surface area contributed by atoms with Crippen LogP contribution in [0.25, 0.3) is 0 Å². The van der Waals surface area contributed by atoms with Gasteiger partial charge in [0.1, 0.15) is 0 Å². The lowest BCUT2D eigenvalue weighted by Gasteiger charge is -2.51. The van der Waals surface area contributed by atoms with E-state index in [1.807, 2.05) is 18.9 Å². The number of carbonyl (C=O) groups is 1. The van der Waals surface area contributed by atoms with Gasteiger partial charge < -0.3 is 15.0 Å². The van der Waals surface area contributed by atoms with Crippen molar-refractivity contribution < 1.29 is 9.53 Å². The number of nitrogens with one attached hydrogen (secondary N) is 1. The Kier molecular flexibility index (Phi) is 3.97. The summed E-state index contributed by atoms with van der Waals surface area (Å²) in [5.74, 6) is 0.216. The standard InChI is InChI=1S/C14H26N2O2/c1-5-18-12-8-11(14(12,2)3)15-9-13(17)16(4)10-6-7-10/h10-12,15H,5-9H2,1-4H3. The molecule has 18 heavy (non-hydrogen) atoms. The highest BCUT2D eigenvalue weighted by molar-refractivity contribution is 5.78. The van der Waals surface area contributed by atoms with Crippen LogP contribution in [0.3, 0.4) is 0 Å². The minimum atomic E-state index is 0.133. The summed E-state index contributed by atoms with van der Waals surface area (Å²) in [6.07, 6.45) is 3.69. The number of nitrogens with zero attached hydrogens (tertiary/aromatic N) is 1. The average molecular weight is 254 g/mol. The Hall–Kier alpha value is -0.610. The van der Waals surface area contributed by atoms with Gasteiger partial charge >= 0.3 is 0 Å². The molecule has 0 heterocycles. The van der Waals surface area contributed by atoms with E-state index in [9.17, 15) is 4.79 Å². The Balaban J connectivity index is 1.73. The van der Waals surface area contributed by atoms with Crippen LogP contribution in [-0.2, 0) is 9.53 Å². The van der Waals surface area contributed by atoms with Crippen LogP contribution < -0.4 is 5.32 Å². The largest absolute Gasteiger partial charge is 0.378 e. The van der Waals surface area contributed by atoms with Crippen molar-refractivity contribution in [1.29, 1.82) is 0 Å². The summed E-state index contributed by atoms with van der Waals surface area (Å²) in [7, 11) is 1.91. The first-order chi connectivity index (χ1) is 8.46. The van der Waals surface area contributed by atoms with Crippen LogP contribution in [0, 0.1) is 5.41 Å². The molecule has 0 aromatic rings. The van der Waals surface area contributed by atoms with E-state index in [0.29, 0.717) is 24.7 Å². The molecule has 4 heteroatoms. The maximum atomic E-state index is 11.9. The van der Waals surface area contributed by atoms with Crippen molar-refractivity contribution in [1.82, 2.24) is 10.2 Å². The lowest BCUT2D eigenvalue weighted by atomic mass is 9.64. The zero-order chi connectivity index (χ0) is 13.3. The van der Waals surface area contributed by atoms with Gasteiger partial charge in [-0.25, -0.2) is 0 Å². The lowest BCUT2D eigenvalue weighted by Crippen LogP contribution is -2.62. The monoisotopic (exact) mass is 254 g/mol. The van der Waals surface area contributed by atoms with Gasteiger partial charge in [-0.15, -0.1) is 0 Å². The van der Waals surface area contributed by atoms with Crippen LogP contribution in [0.5, 0.6) is 0 Å². The van der Waals surface area contributed by atoms with Gasteiger partial charge in [-0.3, -0.25) is 4.79 Å². The van der Waals surface area contributed by atoms with Crippen molar-refractivity contribution in [2.75, 3.05) is 20.2 Å². The number of hydrogen-bond donors (Lipinski definition) is 1. The molecule has 0 bridgehead atoms. The van der Waals surface area contributed by atoms with Gasteiger partial charge in [0.25, 0.3) is 0 Å². The number of carbonyl (C=O) groups excluding carboxylic acids is 1. The quantitative estimate of drug-likeness (QED) is 0.779. The predicted octanol–water partition coefficient (Wildman–Crippen LogP) is 1.40. The van der Waals surface area contributed by atoms with Gasteiger partial charge in [-0.1, -0.05) is 13.8 Å². The van der Waals surface area contributed by atoms with Gasteiger partial charge in [0.05, 0.1) is 12.6 Å². The normalized spacial score (nSPS) is 29.8. The molecule has 2 unspecified atom stereocenters. The summed E-state index contributed by atoms with van der Waals surface area (Å²) < 4.78 is 5.69. The maximum Gasteiger partial charge on any atom is 0.236 e. The summed E-state index contributed by atoms with van der Waals surface area (Å²) >= 11 is 0. The predicted molar refractivity (Wildman–Crippen MR) is 71.4 cm³/mol. The number of amides is 1. The van der Waals surface area contributed by atoms with E-state index in [1.54, 1.807) is 0 Å². The SMILES string of the molecule is CCOC1CC(NCC(=O)N(C)C2CC2)C1(C)C. The molecule has 2 aliphatic carbocycles. The molecule has 4 nitrogen and oxygen atoms in total. The maximum absolute atomic E-state index is 11.9. The highest BCUT2D eigenvalue weighted by Crippen LogP contribution is 2.42. The Morgan fingerprint density at radius 2 is 2.11 bits per heavy atom. The van der Waals surface area contributed by atoms with Crippen molar-refractivity contribution in [2.45, 2.75) is 58.2 Å². The van der Waals surface area contributed by atoms with Crippen molar-refractivity contribution >= 4 is 5.91 Å². The molecule has 104 valence electrons. The van der Waals surface area contributed by atoms with E-state index in [2.05, 4.69) is 19.2 Å². The van der Waals surface area contributed by atoms with E-state index in [1.165, 1.54) is 12.8 Å². The molecule has 1 N–H and O–H groups in total. The fourth-order valence-corrected chi connectivity index (χ4v) is 2.72. The van der Waals surface area contributed by atoms with Gasteiger partial charge in [0.15, 0.2) is 0 Å². The average Bonchev–Trinajstić information content (AvgIpc) is 3.15. The van der Waals surface area contributed by atoms with Crippen molar-refractivity contribution in [2.24, 2.45) is 5.41 Å². The summed E-state index contributed by atoms with van der Waals surface area (Å²) in [4.78, 5) is 13.8. The zero-order valence-electron chi connectivity index (χ0n) is 12.0. The lowest BCUT2D eigenvalue weighted by molar-refractivity contribution is -0.133. The molecule has 0 aromatic heterocycles. The van der Waals surface area contributed by atoms with Crippen molar-refractivity contribution in [3.8, 4) is 0 Å². The van der Waals surface area contributed by atoms with Crippen LogP contribution >= 0.6 is 0 Å². The van der Waals surface area contributed by atoms with E-state index in [4.69, 9.17) is 4.74 Å². The van der Waals surface area contributed by atoms with Crippen LogP contribution in [0.1, 0.15) is 40.0 Å². The second kappa shape index (κ2) is 5.17. The fourth-order valence-electron chi connectivity index (χ4n) is 2.72. The first kappa shape index (κ1) is 13.8. The summed E-state index contributed by atoms with van der Waals surface area (Å²) in [6, 6.07) is 0.899. The molecule has 2 aliphatic rings. The van der Waals surface area contributed by atoms with E-state index >= 15 is 0 Å². The van der Waals surface area contributed by atoms with E-state index in [-0.39, 0.29) is 11.3 Å². The molecule has 2 rings (SSSR count). The molecule has 1 amide bonds. The van der Waals surface area contributed by atoms with Gasteiger partial charge in [0, 0.05) is 31.2 Å². The summed E-state index contributed by atoms with van der Waals surface area (Å²) in [5.41, 5.74) is 0.133. The second-order valence-electron chi connectivity index (χ2n) is 6.17. The molecule has 2 saturated carbocycles. The third-order valence-electron chi connectivity index (χ3n) is 4.53. The van der Waals surface area contributed by atoms with Crippen LogP contribution in [0.2, 0.25) is 0 Å². The number of hydrogen-bond acceptors (Lipinski definition) is 3. The Morgan fingerprint density at radius 1 is 1.44 bits per heavy atom. The van der Waals surface area contributed by atoms with Crippen molar-refractivity contribution in [3.63, 3.8) is 0 Å². The highest BCUT2D eigenvalue weighted by atomic mass is 16.5. The zero-order valence-corrected chi connectivity index (χ0v) is 12.0. The molecular weight excluding hydrogens is 228 g/mol. The van der Waals surface area contributed by atoms with Crippen LogP contribution in [-0.4, -0.2) is 49.2 Å². The molecule has 2 atom stereocenters. The molecule has 0 radical (unpaired) electrons. The second-order valence-corrected chi connectivity index (χ2v) is 6.17. The number of ether oxygens (including phenoxy) is 1. The van der Waals surface area contributed by atoms with Crippen LogP contribution in [0.15, 0.2) is 0 Å². The Morgan fingerprint density at radius 3 is 2.61 bits per heavy atom. The minimum absolute atomic E-state index is 0.133. The smallest absolute Gasteiger partial charge is 0.236 e. The van der Waals surface area contributed by atoms with E-state index in [0.717, 1.165) is 13.0 Å². The molecule has 2 fully saturated rings. The summed E-state index contributed by atoms with van der Waals surface area (Å²) in [6.45, 7) is 7.68. The number of rotatable bonds is 6. The molecule has 0 aromatic carbocycles. The first-order valence-corrected chi connectivity index (χ1v) is 7.07. The number of likely N-dealkylation sites (N-methyl/N-ethyl adjacent to an activating group) is 1. The highest BCUT2D eigenvalue weighted by Gasteiger charge is 2.48. The van der Waals surface area contributed by atoms with Crippen LogP contribution in [0.4, 0.5) is 0 Å². The van der Waals surface area contributed by atoms with Gasteiger partial charge in [0.2, 0.25) is 5.91 Å². The molecule has 0 aliphatic heterocycles. The van der Waals surface area contributed by atoms with Gasteiger partial charge in [-0.05, 0) is 26.2 Å². The van der Waals surface area contributed by atoms with Gasteiger partial charge in [-0.2, -0.15) is 0 Å². The third-order valence-corrected chi connectivity index (χ3v) is 4.53. The molecule has 0 spiro atoms.